The van der Waals surface area contributed by atoms with E-state index in [-0.39, 0.29) is 5.96 Å². The summed E-state index contributed by atoms with van der Waals surface area (Å²) in [6.45, 7) is 0. The third-order valence-corrected chi connectivity index (χ3v) is 2.19. The number of benzene rings is 1. The van der Waals surface area contributed by atoms with Crippen LogP contribution in [-0.4, -0.2) is 12.2 Å². The highest BCUT2D eigenvalue weighted by molar-refractivity contribution is 6.43. The van der Waals surface area contributed by atoms with Gasteiger partial charge in [0.1, 0.15) is 0 Å². The minimum Gasteiger partial charge on any atom is -0.369 e. The Morgan fingerprint density at radius 1 is 1.29 bits per heavy atom. The molecule has 0 radical (unpaired) electrons. The molecule has 0 saturated carbocycles. The van der Waals surface area contributed by atoms with Crippen LogP contribution in [0, 0.1) is 0 Å². The van der Waals surface area contributed by atoms with E-state index in [0.717, 1.165) is 0 Å². The molecule has 0 unspecified atom stereocenters. The van der Waals surface area contributed by atoms with Crippen LogP contribution in [0.25, 0.3) is 0 Å². The van der Waals surface area contributed by atoms with Crippen molar-refractivity contribution in [3.63, 3.8) is 0 Å². The summed E-state index contributed by atoms with van der Waals surface area (Å²) in [5.74, 6) is -0.112. The zero-order valence-corrected chi connectivity index (χ0v) is 8.63. The lowest BCUT2D eigenvalue weighted by Gasteiger charge is -1.97. The molecule has 1 aromatic rings. The zero-order valence-electron chi connectivity index (χ0n) is 7.11. The second kappa shape index (κ2) is 4.83. The van der Waals surface area contributed by atoms with Crippen molar-refractivity contribution < 1.29 is 0 Å². The van der Waals surface area contributed by atoms with Crippen molar-refractivity contribution in [1.29, 1.82) is 0 Å². The third kappa shape index (κ3) is 2.90. The maximum absolute atomic E-state index is 5.87. The van der Waals surface area contributed by atoms with E-state index in [1.165, 1.54) is 6.21 Å². The van der Waals surface area contributed by atoms with Gasteiger partial charge in [0.25, 0.3) is 0 Å². The van der Waals surface area contributed by atoms with E-state index < -0.39 is 0 Å². The number of hydrogen-bond donors (Lipinski definition) is 2. The smallest absolute Gasteiger partial charge is 0.211 e. The quantitative estimate of drug-likeness (QED) is 0.460. The number of rotatable bonds is 2. The summed E-state index contributed by atoms with van der Waals surface area (Å²) in [5.41, 5.74) is 10.8. The fourth-order valence-corrected chi connectivity index (χ4v) is 1.13. The average Bonchev–Trinajstić information content (AvgIpc) is 2.12. The van der Waals surface area contributed by atoms with Crippen LogP contribution in [-0.2, 0) is 0 Å². The molecule has 0 aliphatic rings. The first-order chi connectivity index (χ1) is 6.61. The Balaban J connectivity index is 2.92. The molecule has 4 N–H and O–H groups in total. The fourth-order valence-electron chi connectivity index (χ4n) is 0.778. The maximum atomic E-state index is 5.87. The van der Waals surface area contributed by atoms with Gasteiger partial charge >= 0.3 is 0 Å². The van der Waals surface area contributed by atoms with Gasteiger partial charge in [0, 0.05) is 5.56 Å². The molecule has 0 saturated heterocycles. The van der Waals surface area contributed by atoms with Gasteiger partial charge in [-0.05, 0) is 6.07 Å². The lowest BCUT2D eigenvalue weighted by Crippen LogP contribution is -2.21. The zero-order chi connectivity index (χ0) is 10.6. The molecule has 0 aliphatic heterocycles. The van der Waals surface area contributed by atoms with Gasteiger partial charge in [0.2, 0.25) is 5.96 Å². The van der Waals surface area contributed by atoms with Gasteiger partial charge in [0.15, 0.2) is 0 Å². The summed E-state index contributed by atoms with van der Waals surface area (Å²) in [6.07, 6.45) is 1.42. The monoisotopic (exact) mass is 230 g/mol. The van der Waals surface area contributed by atoms with Crippen LogP contribution in [0.4, 0.5) is 0 Å². The lowest BCUT2D eigenvalue weighted by molar-refractivity contribution is 1.21. The van der Waals surface area contributed by atoms with Crippen LogP contribution in [0.3, 0.4) is 0 Å². The summed E-state index contributed by atoms with van der Waals surface area (Å²) in [6, 6.07) is 5.19. The Hall–Kier alpha value is -1.26. The highest BCUT2D eigenvalue weighted by atomic mass is 35.5. The van der Waals surface area contributed by atoms with Crippen LogP contribution in [0.15, 0.2) is 28.4 Å². The predicted molar refractivity (Wildman–Crippen MR) is 59.9 cm³/mol. The van der Waals surface area contributed by atoms with Gasteiger partial charge in [-0.3, -0.25) is 0 Å². The van der Waals surface area contributed by atoms with E-state index in [9.17, 15) is 0 Å². The highest BCUT2D eigenvalue weighted by Crippen LogP contribution is 2.24. The Morgan fingerprint density at radius 2 is 2.00 bits per heavy atom. The highest BCUT2D eigenvalue weighted by Gasteiger charge is 2.00. The molecule has 0 heterocycles. The molecule has 0 aliphatic carbocycles. The van der Waals surface area contributed by atoms with Crippen molar-refractivity contribution in [2.24, 2.45) is 21.7 Å². The second-order valence-corrected chi connectivity index (χ2v) is 3.20. The van der Waals surface area contributed by atoms with E-state index in [1.807, 2.05) is 0 Å². The Bertz CT molecular complexity index is 383. The van der Waals surface area contributed by atoms with Crippen LogP contribution in [0.2, 0.25) is 10.0 Å². The van der Waals surface area contributed by atoms with Gasteiger partial charge in [-0.2, -0.15) is 5.10 Å². The van der Waals surface area contributed by atoms with Gasteiger partial charge in [-0.25, -0.2) is 0 Å². The van der Waals surface area contributed by atoms with E-state index in [0.29, 0.717) is 15.6 Å². The van der Waals surface area contributed by atoms with Gasteiger partial charge in [-0.1, -0.05) is 35.3 Å². The molecule has 4 nitrogen and oxygen atoms in total. The molecule has 1 rings (SSSR count). The third-order valence-electron chi connectivity index (χ3n) is 1.35. The molecular formula is C8H8Cl2N4. The summed E-state index contributed by atoms with van der Waals surface area (Å²) >= 11 is 11.7. The summed E-state index contributed by atoms with van der Waals surface area (Å²) in [7, 11) is 0. The number of guanidine groups is 1. The standard InChI is InChI=1S/C8H8Cl2N4/c9-6-3-1-2-5(7(6)10)4-13-14-8(11)12/h1-4H,(H4,11,12,14)/b13-4-. The van der Waals surface area contributed by atoms with Crippen molar-refractivity contribution in [1.82, 2.24) is 0 Å². The number of nitrogens with zero attached hydrogens (tertiary/aromatic N) is 2. The first-order valence-corrected chi connectivity index (χ1v) is 4.43. The first kappa shape index (κ1) is 10.8. The number of hydrogen-bond acceptors (Lipinski definition) is 2. The van der Waals surface area contributed by atoms with E-state index in [2.05, 4.69) is 10.2 Å². The fraction of sp³-hybridized carbons (Fsp3) is 0. The molecule has 0 spiro atoms. The molecule has 0 bridgehead atoms. The Morgan fingerprint density at radius 3 is 2.64 bits per heavy atom. The van der Waals surface area contributed by atoms with E-state index in [4.69, 9.17) is 34.7 Å². The van der Waals surface area contributed by atoms with Crippen molar-refractivity contribution in [3.8, 4) is 0 Å². The molecule has 74 valence electrons. The molecule has 0 aromatic heterocycles. The second-order valence-electron chi connectivity index (χ2n) is 2.41. The largest absolute Gasteiger partial charge is 0.369 e. The topological polar surface area (TPSA) is 76.8 Å². The van der Waals surface area contributed by atoms with Gasteiger partial charge in [-0.15, -0.1) is 5.10 Å². The van der Waals surface area contributed by atoms with Crippen LogP contribution in [0.5, 0.6) is 0 Å². The summed E-state index contributed by atoms with van der Waals surface area (Å²) < 4.78 is 0. The summed E-state index contributed by atoms with van der Waals surface area (Å²) in [4.78, 5) is 0. The normalized spacial score (nSPS) is 10.4. The van der Waals surface area contributed by atoms with Crippen LogP contribution in [0.1, 0.15) is 5.56 Å². The predicted octanol–water partition coefficient (Wildman–Crippen LogP) is 1.60. The van der Waals surface area contributed by atoms with Gasteiger partial charge < -0.3 is 11.5 Å². The van der Waals surface area contributed by atoms with Crippen LogP contribution >= 0.6 is 23.2 Å². The first-order valence-electron chi connectivity index (χ1n) is 3.67. The van der Waals surface area contributed by atoms with E-state index >= 15 is 0 Å². The van der Waals surface area contributed by atoms with E-state index in [1.54, 1.807) is 18.2 Å². The van der Waals surface area contributed by atoms with Gasteiger partial charge in [0.05, 0.1) is 16.3 Å². The van der Waals surface area contributed by atoms with Crippen LogP contribution < -0.4 is 11.5 Å². The molecule has 14 heavy (non-hydrogen) atoms. The number of halogens is 2. The maximum Gasteiger partial charge on any atom is 0.211 e. The Labute approximate surface area is 91.2 Å². The van der Waals surface area contributed by atoms with Crippen molar-refractivity contribution in [2.75, 3.05) is 0 Å². The average molecular weight is 231 g/mol. The molecule has 0 amide bonds. The molecule has 0 atom stereocenters. The molecule has 0 fully saturated rings. The molecule has 1 aromatic carbocycles. The SMILES string of the molecule is NC(N)=N/N=C\c1cccc(Cl)c1Cl. The lowest BCUT2D eigenvalue weighted by atomic mass is 10.2. The van der Waals surface area contributed by atoms with Crippen molar-refractivity contribution in [3.05, 3.63) is 33.8 Å². The summed E-state index contributed by atoms with van der Waals surface area (Å²) in [5, 5.41) is 7.92. The molecular weight excluding hydrogens is 223 g/mol. The number of nitrogens with two attached hydrogens (primary N) is 2. The minimum atomic E-state index is -0.112. The van der Waals surface area contributed by atoms with Crippen molar-refractivity contribution in [2.45, 2.75) is 0 Å². The van der Waals surface area contributed by atoms with Crippen molar-refractivity contribution >= 4 is 35.4 Å². The Kier molecular flexibility index (Phi) is 3.73. The molecule has 6 heteroatoms. The minimum absolute atomic E-state index is 0.112.